The maximum atomic E-state index is 12.5. The normalized spacial score (nSPS) is 12.9. The molecular formula is C26H27N3O5S. The molecule has 1 aliphatic rings. The van der Waals surface area contributed by atoms with Crippen molar-refractivity contribution >= 4 is 40.0 Å². The lowest BCUT2D eigenvalue weighted by Gasteiger charge is -2.28. The van der Waals surface area contributed by atoms with E-state index in [9.17, 15) is 9.59 Å². The number of aryl methyl sites for hydroxylation is 1. The van der Waals surface area contributed by atoms with Crippen LogP contribution in [0.25, 0.3) is 17.3 Å². The fourth-order valence-electron chi connectivity index (χ4n) is 3.80. The molecule has 0 atom stereocenters. The summed E-state index contributed by atoms with van der Waals surface area (Å²) in [5.41, 5.74) is 3.14. The number of hydrogen-bond donors (Lipinski definition) is 1. The predicted octanol–water partition coefficient (Wildman–Crippen LogP) is 4.92. The maximum absolute atomic E-state index is 12.5. The first-order valence-electron chi connectivity index (χ1n) is 11.3. The summed E-state index contributed by atoms with van der Waals surface area (Å²) in [7, 11) is 1.58. The molecule has 3 aromatic rings. The molecule has 0 saturated carbocycles. The van der Waals surface area contributed by atoms with Crippen molar-refractivity contribution in [2.24, 2.45) is 0 Å². The molecule has 0 saturated heterocycles. The number of rotatable bonds is 8. The Morgan fingerprint density at radius 1 is 1.23 bits per heavy atom. The van der Waals surface area contributed by atoms with Crippen LogP contribution < -0.4 is 24.4 Å². The zero-order chi connectivity index (χ0) is 24.9. The highest BCUT2D eigenvalue weighted by Gasteiger charge is 2.25. The van der Waals surface area contributed by atoms with Gasteiger partial charge in [0.15, 0.2) is 23.2 Å². The van der Waals surface area contributed by atoms with Gasteiger partial charge in [0.2, 0.25) is 5.91 Å². The van der Waals surface area contributed by atoms with Gasteiger partial charge in [-0.05, 0) is 62.7 Å². The van der Waals surface area contributed by atoms with Crippen molar-refractivity contribution < 1.29 is 23.8 Å². The standard InChI is InChI=1S/C26H27N3O5S/c1-5-29-19-14-18(9-11-20(19)34-15-24(29)31)25-16(3)35-26(28-25)27-23(30)12-8-17-7-10-21(33-6-2)22(13-17)32-4/h7-14H,5-6,15H2,1-4H3,(H,27,28,30)/b12-8+. The molecule has 0 aliphatic carbocycles. The van der Waals surface area contributed by atoms with Crippen LogP contribution in [0.4, 0.5) is 10.8 Å². The minimum atomic E-state index is -0.292. The minimum absolute atomic E-state index is 0.0447. The predicted molar refractivity (Wildman–Crippen MR) is 138 cm³/mol. The second kappa shape index (κ2) is 10.6. The zero-order valence-corrected chi connectivity index (χ0v) is 20.9. The molecular weight excluding hydrogens is 466 g/mol. The number of carbonyl (C=O) groups excluding carboxylic acids is 2. The van der Waals surface area contributed by atoms with Crippen LogP contribution in [0, 0.1) is 6.92 Å². The fraction of sp³-hybridized carbons (Fsp3) is 0.269. The number of nitrogens with zero attached hydrogens (tertiary/aromatic N) is 2. The molecule has 182 valence electrons. The number of amides is 2. The first kappa shape index (κ1) is 24.3. The van der Waals surface area contributed by atoms with E-state index < -0.39 is 0 Å². The average molecular weight is 494 g/mol. The SMILES string of the molecule is CCOc1ccc(/C=C/C(=O)Nc2nc(-c3ccc4c(c3)N(CC)C(=O)CO4)c(C)s2)cc1OC. The van der Waals surface area contributed by atoms with E-state index in [1.165, 1.54) is 17.4 Å². The van der Waals surface area contributed by atoms with Crippen LogP contribution in [0.1, 0.15) is 24.3 Å². The van der Waals surface area contributed by atoms with Gasteiger partial charge in [-0.15, -0.1) is 11.3 Å². The zero-order valence-electron chi connectivity index (χ0n) is 20.1. The third kappa shape index (κ3) is 5.30. The molecule has 1 aliphatic heterocycles. The Balaban J connectivity index is 1.49. The Kier molecular flexibility index (Phi) is 7.36. The van der Waals surface area contributed by atoms with Gasteiger partial charge >= 0.3 is 0 Å². The molecule has 2 heterocycles. The average Bonchev–Trinajstić information content (AvgIpc) is 3.22. The van der Waals surface area contributed by atoms with Crippen molar-refractivity contribution in [3.05, 3.63) is 52.9 Å². The number of fused-ring (bicyclic) bond motifs is 1. The summed E-state index contributed by atoms with van der Waals surface area (Å²) in [4.78, 5) is 32.0. The third-order valence-electron chi connectivity index (χ3n) is 5.43. The van der Waals surface area contributed by atoms with E-state index in [1.54, 1.807) is 18.1 Å². The largest absolute Gasteiger partial charge is 0.493 e. The molecule has 1 N–H and O–H groups in total. The molecule has 0 spiro atoms. The summed E-state index contributed by atoms with van der Waals surface area (Å²) in [5, 5.41) is 3.32. The van der Waals surface area contributed by atoms with Gasteiger partial charge in [0.05, 0.1) is 25.1 Å². The highest BCUT2D eigenvalue weighted by molar-refractivity contribution is 7.16. The molecule has 0 unspecified atom stereocenters. The summed E-state index contributed by atoms with van der Waals surface area (Å²) >= 11 is 1.39. The maximum Gasteiger partial charge on any atom is 0.265 e. The molecule has 0 fully saturated rings. The summed E-state index contributed by atoms with van der Waals surface area (Å²) in [6.07, 6.45) is 3.15. The molecule has 0 radical (unpaired) electrons. The van der Waals surface area contributed by atoms with Crippen molar-refractivity contribution in [1.82, 2.24) is 4.98 Å². The van der Waals surface area contributed by atoms with Crippen molar-refractivity contribution in [2.45, 2.75) is 20.8 Å². The van der Waals surface area contributed by atoms with Crippen LogP contribution >= 0.6 is 11.3 Å². The summed E-state index contributed by atoms with van der Waals surface area (Å²) in [6, 6.07) is 11.1. The third-order valence-corrected chi connectivity index (χ3v) is 6.32. The molecule has 2 amide bonds. The van der Waals surface area contributed by atoms with E-state index in [4.69, 9.17) is 14.2 Å². The number of anilines is 2. The molecule has 35 heavy (non-hydrogen) atoms. The lowest BCUT2D eigenvalue weighted by molar-refractivity contribution is -0.121. The van der Waals surface area contributed by atoms with Gasteiger partial charge in [-0.25, -0.2) is 4.98 Å². The summed E-state index contributed by atoms with van der Waals surface area (Å²) in [6.45, 7) is 6.93. The lowest BCUT2D eigenvalue weighted by Crippen LogP contribution is -2.38. The Bertz CT molecular complexity index is 1280. The fourth-order valence-corrected chi connectivity index (χ4v) is 4.63. The van der Waals surface area contributed by atoms with Crippen molar-refractivity contribution in [2.75, 3.05) is 37.1 Å². The highest BCUT2D eigenvalue weighted by Crippen LogP contribution is 2.38. The van der Waals surface area contributed by atoms with Crippen LogP contribution in [0.15, 0.2) is 42.5 Å². The van der Waals surface area contributed by atoms with E-state index in [-0.39, 0.29) is 18.4 Å². The van der Waals surface area contributed by atoms with Crippen molar-refractivity contribution in [3.63, 3.8) is 0 Å². The number of thiazole rings is 1. The molecule has 0 bridgehead atoms. The molecule has 2 aromatic carbocycles. The number of benzene rings is 2. The van der Waals surface area contributed by atoms with Crippen molar-refractivity contribution in [1.29, 1.82) is 0 Å². The van der Waals surface area contributed by atoms with Crippen molar-refractivity contribution in [3.8, 4) is 28.5 Å². The second-order valence-electron chi connectivity index (χ2n) is 7.70. The van der Waals surface area contributed by atoms with E-state index >= 15 is 0 Å². The first-order chi connectivity index (χ1) is 16.9. The van der Waals surface area contributed by atoms with Gasteiger partial charge < -0.3 is 19.1 Å². The monoisotopic (exact) mass is 493 g/mol. The Labute approximate surface area is 208 Å². The number of nitrogens with one attached hydrogen (secondary N) is 1. The minimum Gasteiger partial charge on any atom is -0.493 e. The van der Waals surface area contributed by atoms with E-state index in [0.29, 0.717) is 35.5 Å². The van der Waals surface area contributed by atoms with Gasteiger partial charge in [0.25, 0.3) is 5.91 Å². The molecule has 8 nitrogen and oxygen atoms in total. The van der Waals surface area contributed by atoms with Crippen LogP contribution in [0.2, 0.25) is 0 Å². The molecule has 4 rings (SSSR count). The van der Waals surface area contributed by atoms with Crippen LogP contribution in [0.5, 0.6) is 17.2 Å². The van der Waals surface area contributed by atoms with E-state index in [2.05, 4.69) is 10.3 Å². The number of ether oxygens (including phenoxy) is 3. The van der Waals surface area contributed by atoms with E-state index in [1.807, 2.05) is 57.2 Å². The van der Waals surface area contributed by atoms with Crippen LogP contribution in [-0.4, -0.2) is 43.7 Å². The lowest BCUT2D eigenvalue weighted by atomic mass is 10.1. The van der Waals surface area contributed by atoms with Gasteiger partial charge in [0.1, 0.15) is 5.75 Å². The Morgan fingerprint density at radius 3 is 2.80 bits per heavy atom. The highest BCUT2D eigenvalue weighted by atomic mass is 32.1. The number of methoxy groups -OCH3 is 1. The number of carbonyl (C=O) groups is 2. The first-order valence-corrected chi connectivity index (χ1v) is 12.1. The molecule has 1 aromatic heterocycles. The number of hydrogen-bond acceptors (Lipinski definition) is 7. The number of likely N-dealkylation sites (N-methyl/N-ethyl adjacent to an activating group) is 1. The topological polar surface area (TPSA) is 90.0 Å². The summed E-state index contributed by atoms with van der Waals surface area (Å²) < 4.78 is 16.4. The van der Waals surface area contributed by atoms with Gasteiger partial charge in [0, 0.05) is 23.1 Å². The Morgan fingerprint density at radius 2 is 2.06 bits per heavy atom. The van der Waals surface area contributed by atoms with Gasteiger partial charge in [-0.3, -0.25) is 14.9 Å². The number of aromatic nitrogens is 1. The summed E-state index contributed by atoms with van der Waals surface area (Å²) in [5.74, 6) is 1.57. The van der Waals surface area contributed by atoms with Crippen LogP contribution in [0.3, 0.4) is 0 Å². The Hall–Kier alpha value is -3.85. The quantitative estimate of drug-likeness (QED) is 0.448. The van der Waals surface area contributed by atoms with Gasteiger partial charge in [-0.1, -0.05) is 6.07 Å². The van der Waals surface area contributed by atoms with Crippen LogP contribution in [-0.2, 0) is 9.59 Å². The van der Waals surface area contributed by atoms with Gasteiger partial charge in [-0.2, -0.15) is 0 Å². The molecule has 9 heteroatoms. The second-order valence-corrected chi connectivity index (χ2v) is 8.90. The smallest absolute Gasteiger partial charge is 0.265 e. The van der Waals surface area contributed by atoms with E-state index in [0.717, 1.165) is 27.4 Å².